The molecule has 1 aromatic rings. The molecule has 3 N–H and O–H groups in total. The van der Waals surface area contributed by atoms with Crippen LogP contribution in [-0.4, -0.2) is 37.5 Å². The molecule has 0 saturated carbocycles. The molecule has 0 aliphatic rings. The van der Waals surface area contributed by atoms with Crippen LogP contribution in [0.2, 0.25) is 0 Å². The van der Waals surface area contributed by atoms with E-state index < -0.39 is 34.0 Å². The molecular weight excluding hydrogens is 316 g/mol. The first-order valence-electron chi connectivity index (χ1n) is 6.06. The van der Waals surface area contributed by atoms with Crippen LogP contribution < -0.4 is 10.0 Å². The van der Waals surface area contributed by atoms with Gasteiger partial charge in [-0.15, -0.1) is 11.3 Å². The van der Waals surface area contributed by atoms with Gasteiger partial charge in [0.15, 0.2) is 0 Å². The number of carbonyl (C=O) groups is 2. The molecule has 7 nitrogen and oxygen atoms in total. The molecule has 0 unspecified atom stereocenters. The second-order valence-electron chi connectivity index (χ2n) is 5.50. The van der Waals surface area contributed by atoms with Crippen molar-refractivity contribution >= 4 is 33.2 Å². The number of sulfonamides is 1. The van der Waals surface area contributed by atoms with Crippen molar-refractivity contribution in [3.63, 3.8) is 0 Å². The number of thiophene rings is 1. The normalized spacial score (nSPS) is 12.2. The van der Waals surface area contributed by atoms with Crippen LogP contribution in [0.4, 0.5) is 0 Å². The molecule has 1 rings (SSSR count). The highest BCUT2D eigenvalue weighted by atomic mass is 32.2. The highest BCUT2D eigenvalue weighted by Crippen LogP contribution is 2.26. The van der Waals surface area contributed by atoms with E-state index in [1.165, 1.54) is 12.3 Å². The number of carboxylic acid groups (broad SMARTS) is 1. The minimum atomic E-state index is -4.06. The van der Waals surface area contributed by atoms with Gasteiger partial charge in [0.05, 0.1) is 6.54 Å². The number of aryl methyl sites for hydroxylation is 1. The first-order valence-corrected chi connectivity index (χ1v) is 8.42. The molecule has 0 aromatic carbocycles. The summed E-state index contributed by atoms with van der Waals surface area (Å²) in [6.07, 6.45) is 0. The number of carboxylic acids is 1. The maximum absolute atomic E-state index is 12.2. The smallest absolute Gasteiger partial charge is 0.347 e. The van der Waals surface area contributed by atoms with E-state index in [4.69, 9.17) is 5.11 Å². The number of aromatic carboxylic acids is 1. The van der Waals surface area contributed by atoms with Crippen molar-refractivity contribution in [2.24, 2.45) is 0 Å². The summed E-state index contributed by atoms with van der Waals surface area (Å²) in [5.74, 6) is -1.80. The van der Waals surface area contributed by atoms with Gasteiger partial charge in [-0.2, -0.15) is 0 Å². The minimum Gasteiger partial charge on any atom is -0.477 e. The van der Waals surface area contributed by atoms with Crippen molar-refractivity contribution in [2.75, 3.05) is 6.54 Å². The van der Waals surface area contributed by atoms with Gasteiger partial charge >= 0.3 is 5.97 Å². The van der Waals surface area contributed by atoms with Crippen molar-refractivity contribution in [1.29, 1.82) is 0 Å². The van der Waals surface area contributed by atoms with Crippen LogP contribution in [0, 0.1) is 6.92 Å². The monoisotopic (exact) mass is 334 g/mol. The summed E-state index contributed by atoms with van der Waals surface area (Å²) < 4.78 is 26.4. The molecule has 21 heavy (non-hydrogen) atoms. The Balaban J connectivity index is 2.91. The average Bonchev–Trinajstić information content (AvgIpc) is 2.67. The third-order valence-electron chi connectivity index (χ3n) is 2.32. The summed E-state index contributed by atoms with van der Waals surface area (Å²) in [5.41, 5.74) is -0.145. The van der Waals surface area contributed by atoms with E-state index in [9.17, 15) is 18.0 Å². The van der Waals surface area contributed by atoms with Crippen molar-refractivity contribution in [1.82, 2.24) is 10.0 Å². The van der Waals surface area contributed by atoms with E-state index in [0.29, 0.717) is 5.56 Å². The number of carbonyl (C=O) groups excluding carboxylic acids is 1. The van der Waals surface area contributed by atoms with Gasteiger partial charge in [0.25, 0.3) is 0 Å². The molecule has 118 valence electrons. The van der Waals surface area contributed by atoms with Crippen LogP contribution in [0.3, 0.4) is 0 Å². The lowest BCUT2D eigenvalue weighted by Gasteiger charge is -2.20. The van der Waals surface area contributed by atoms with Crippen molar-refractivity contribution in [3.8, 4) is 0 Å². The summed E-state index contributed by atoms with van der Waals surface area (Å²) >= 11 is 0.836. The van der Waals surface area contributed by atoms with Crippen LogP contribution in [0.25, 0.3) is 0 Å². The zero-order valence-corrected chi connectivity index (χ0v) is 13.8. The first kappa shape index (κ1) is 17.6. The summed E-state index contributed by atoms with van der Waals surface area (Å²) in [4.78, 5) is 22.1. The highest BCUT2D eigenvalue weighted by molar-refractivity contribution is 7.89. The third-order valence-corrected chi connectivity index (χ3v) is 5.12. The van der Waals surface area contributed by atoms with Crippen LogP contribution in [-0.2, 0) is 14.8 Å². The molecule has 0 aliphatic carbocycles. The Morgan fingerprint density at radius 2 is 1.90 bits per heavy atom. The lowest BCUT2D eigenvalue weighted by atomic mass is 10.1. The lowest BCUT2D eigenvalue weighted by Crippen LogP contribution is -2.45. The molecule has 0 bridgehead atoms. The Morgan fingerprint density at radius 1 is 1.33 bits per heavy atom. The SMILES string of the molecule is Cc1csc(C(=O)O)c1S(=O)(=O)NCC(=O)NC(C)(C)C. The Morgan fingerprint density at radius 3 is 2.38 bits per heavy atom. The minimum absolute atomic E-state index is 0.267. The molecule has 0 atom stereocenters. The van der Waals surface area contributed by atoms with Crippen LogP contribution in [0.5, 0.6) is 0 Å². The zero-order valence-electron chi connectivity index (χ0n) is 12.2. The van der Waals surface area contributed by atoms with Gasteiger partial charge in [0, 0.05) is 5.54 Å². The summed E-state index contributed by atoms with van der Waals surface area (Å²) in [5, 5.41) is 13.1. The predicted molar refractivity (Wildman–Crippen MR) is 79.1 cm³/mol. The molecule has 0 aliphatic heterocycles. The summed E-state index contributed by atoms with van der Waals surface area (Å²) in [7, 11) is -4.06. The van der Waals surface area contributed by atoms with Crippen LogP contribution in [0.15, 0.2) is 10.3 Å². The molecule has 9 heteroatoms. The second kappa shape index (κ2) is 6.12. The highest BCUT2D eigenvalue weighted by Gasteiger charge is 2.27. The first-order chi connectivity index (χ1) is 9.44. The van der Waals surface area contributed by atoms with Gasteiger partial charge in [0.2, 0.25) is 15.9 Å². The summed E-state index contributed by atoms with van der Waals surface area (Å²) in [6, 6.07) is 0. The standard InChI is InChI=1S/C12H18N2O5S2/c1-7-6-20-9(11(16)17)10(7)21(18,19)13-5-8(15)14-12(2,3)4/h6,13H,5H2,1-4H3,(H,14,15)(H,16,17). The van der Waals surface area contributed by atoms with Gasteiger partial charge in [-0.1, -0.05) is 0 Å². The number of rotatable bonds is 5. The Kier molecular flexibility index (Phi) is 5.13. The zero-order chi connectivity index (χ0) is 16.4. The van der Waals surface area contributed by atoms with E-state index in [0.717, 1.165) is 11.3 Å². The van der Waals surface area contributed by atoms with Crippen LogP contribution in [0.1, 0.15) is 36.0 Å². The van der Waals surface area contributed by atoms with E-state index in [-0.39, 0.29) is 9.77 Å². The number of nitrogens with one attached hydrogen (secondary N) is 2. The largest absolute Gasteiger partial charge is 0.477 e. The lowest BCUT2D eigenvalue weighted by molar-refractivity contribution is -0.121. The van der Waals surface area contributed by atoms with E-state index >= 15 is 0 Å². The number of hydrogen-bond donors (Lipinski definition) is 3. The Bertz CT molecular complexity index is 656. The molecule has 0 saturated heterocycles. The fourth-order valence-corrected chi connectivity index (χ4v) is 4.22. The fourth-order valence-electron chi connectivity index (χ4n) is 1.61. The maximum Gasteiger partial charge on any atom is 0.347 e. The van der Waals surface area contributed by atoms with Gasteiger partial charge in [0.1, 0.15) is 9.77 Å². The summed E-state index contributed by atoms with van der Waals surface area (Å²) in [6.45, 7) is 6.36. The predicted octanol–water partition coefficient (Wildman–Crippen LogP) is 0.948. The van der Waals surface area contributed by atoms with Crippen molar-refractivity contribution < 1.29 is 23.1 Å². The second-order valence-corrected chi connectivity index (χ2v) is 8.09. The third kappa shape index (κ3) is 4.80. The molecule has 0 fully saturated rings. The van der Waals surface area contributed by atoms with Gasteiger partial charge in [-0.25, -0.2) is 17.9 Å². The van der Waals surface area contributed by atoms with E-state index in [2.05, 4.69) is 10.0 Å². The van der Waals surface area contributed by atoms with E-state index in [1.54, 1.807) is 20.8 Å². The van der Waals surface area contributed by atoms with Gasteiger partial charge < -0.3 is 10.4 Å². The average molecular weight is 334 g/mol. The molecule has 1 heterocycles. The maximum atomic E-state index is 12.2. The molecule has 0 spiro atoms. The van der Waals surface area contributed by atoms with Crippen molar-refractivity contribution in [2.45, 2.75) is 38.1 Å². The van der Waals surface area contributed by atoms with Crippen LogP contribution >= 0.6 is 11.3 Å². The number of hydrogen-bond acceptors (Lipinski definition) is 5. The topological polar surface area (TPSA) is 113 Å². The molecular formula is C12H18N2O5S2. The van der Waals surface area contributed by atoms with Crippen molar-refractivity contribution in [3.05, 3.63) is 15.8 Å². The number of amides is 1. The molecule has 1 amide bonds. The Hall–Kier alpha value is -1.45. The molecule has 1 aromatic heterocycles. The van der Waals surface area contributed by atoms with Gasteiger partial charge in [-0.3, -0.25) is 4.79 Å². The van der Waals surface area contributed by atoms with Gasteiger partial charge in [-0.05, 0) is 38.6 Å². The fraction of sp³-hybridized carbons (Fsp3) is 0.500. The quantitative estimate of drug-likeness (QED) is 0.742. The molecule has 0 radical (unpaired) electrons. The van der Waals surface area contributed by atoms with E-state index in [1.807, 2.05) is 0 Å². The Labute approximate surface area is 127 Å².